The Bertz CT molecular complexity index is 766. The summed E-state index contributed by atoms with van der Waals surface area (Å²) in [6, 6.07) is 11.9. The Morgan fingerprint density at radius 2 is 1.81 bits per heavy atom. The summed E-state index contributed by atoms with van der Waals surface area (Å²) in [7, 11) is 1.70. The van der Waals surface area contributed by atoms with Crippen LogP contribution in [0, 0.1) is 0 Å². The molecule has 9 nitrogen and oxygen atoms in total. The number of thiocarbonyl (C=S) groups is 2. The van der Waals surface area contributed by atoms with Crippen LogP contribution in [-0.4, -0.2) is 64.0 Å². The molecule has 168 valence electrons. The molecule has 1 aliphatic rings. The van der Waals surface area contributed by atoms with Crippen LogP contribution in [0.1, 0.15) is 30.2 Å². The van der Waals surface area contributed by atoms with Crippen LogP contribution in [0.5, 0.6) is 0 Å². The summed E-state index contributed by atoms with van der Waals surface area (Å²) in [6.45, 7) is 3.83. The van der Waals surface area contributed by atoms with E-state index in [1.165, 1.54) is 10.3 Å². The van der Waals surface area contributed by atoms with Crippen molar-refractivity contribution in [1.82, 2.24) is 25.5 Å². The molecule has 0 aromatic carbocycles. The Hall–Kier alpha value is -1.68. The number of rotatable bonds is 7. The van der Waals surface area contributed by atoms with Gasteiger partial charge >= 0.3 is 19.5 Å². The van der Waals surface area contributed by atoms with Crippen LogP contribution in [0.3, 0.4) is 0 Å². The molecule has 4 N–H and O–H groups in total. The quantitative estimate of drug-likeness (QED) is 0.242. The summed E-state index contributed by atoms with van der Waals surface area (Å²) in [6.07, 6.45) is 4.78. The zero-order chi connectivity index (χ0) is 22.0. The van der Waals surface area contributed by atoms with Crippen molar-refractivity contribution in [2.24, 2.45) is 0 Å². The first kappa shape index (κ1) is 32.5. The van der Waals surface area contributed by atoms with Gasteiger partial charge in [-0.25, -0.2) is 0 Å². The van der Waals surface area contributed by atoms with E-state index in [1.807, 2.05) is 36.5 Å². The Labute approximate surface area is 212 Å². The molecule has 0 saturated carbocycles. The Morgan fingerprint density at radius 1 is 1.19 bits per heavy atom. The predicted molar refractivity (Wildman–Crippen MR) is 129 cm³/mol. The van der Waals surface area contributed by atoms with E-state index in [0.29, 0.717) is 0 Å². The molecule has 0 radical (unpaired) electrons. The van der Waals surface area contributed by atoms with E-state index in [9.17, 15) is 0 Å². The number of hydrogen-bond acceptors (Lipinski definition) is 8. The van der Waals surface area contributed by atoms with E-state index in [4.69, 9.17) is 15.6 Å². The second-order valence-electron chi connectivity index (χ2n) is 6.01. The SMILES string of the molecule is CO[C@@H](NCCN1CCCN[C@@H]1c1ccccn1)c1ccccn1.O.[N-]=C=S.[N-]=C=S.[Zn+2]. The van der Waals surface area contributed by atoms with Gasteiger partial charge < -0.3 is 21.0 Å². The molecule has 0 bridgehead atoms. The van der Waals surface area contributed by atoms with Crippen molar-refractivity contribution in [1.29, 1.82) is 0 Å². The molecule has 0 spiro atoms. The molecule has 0 amide bonds. The van der Waals surface area contributed by atoms with E-state index in [1.54, 1.807) is 13.3 Å². The van der Waals surface area contributed by atoms with Crippen LogP contribution < -0.4 is 10.6 Å². The molecule has 3 rings (SSSR count). The fraction of sp³-hybridized carbons (Fsp3) is 0.400. The van der Waals surface area contributed by atoms with E-state index in [2.05, 4.69) is 56.0 Å². The first-order valence-electron chi connectivity index (χ1n) is 9.29. The van der Waals surface area contributed by atoms with Gasteiger partial charge in [-0.2, -0.15) is 10.3 Å². The monoisotopic (exact) mass is 525 g/mol. The maximum absolute atomic E-state index is 7.13. The van der Waals surface area contributed by atoms with Crippen molar-refractivity contribution < 1.29 is 29.7 Å². The van der Waals surface area contributed by atoms with Gasteiger partial charge in [0.05, 0.1) is 11.4 Å². The van der Waals surface area contributed by atoms with Gasteiger partial charge in [-0.05, 0) is 37.2 Å². The molecule has 2 aromatic rings. The molecule has 1 fully saturated rings. The number of methoxy groups -OCH3 is 1. The number of pyridine rings is 2. The normalized spacial score (nSPS) is 15.5. The number of isothiocyanates is 2. The van der Waals surface area contributed by atoms with Crippen molar-refractivity contribution in [3.63, 3.8) is 0 Å². The van der Waals surface area contributed by atoms with Gasteiger partial charge in [0, 0.05) is 39.1 Å². The second-order valence-corrected chi connectivity index (χ2v) is 6.37. The number of hydrogen-bond donors (Lipinski definition) is 2. The standard InChI is InChI=1S/C18H25N5O.2CNS.H2O.Zn/c1-24-18(16-8-3-5-10-20-16)22-12-14-23-13-6-11-21-17(23)15-7-2-4-9-19-15;2*2-1-3;;/h2-5,7-10,17-18,21-22H,6,11-14H2,1H3;;;1H2;/q;2*-1;;+2/t17-,18+;;;;/m0..../s1. The van der Waals surface area contributed by atoms with Crippen molar-refractivity contribution in [2.75, 3.05) is 33.3 Å². The number of nitrogens with zero attached hydrogens (tertiary/aromatic N) is 5. The predicted octanol–water partition coefficient (Wildman–Crippen LogP) is 2.20. The maximum Gasteiger partial charge on any atom is 2.00 e. The van der Waals surface area contributed by atoms with E-state index >= 15 is 0 Å². The smallest absolute Gasteiger partial charge is 0.753 e. The minimum atomic E-state index is -0.183. The van der Waals surface area contributed by atoms with Crippen molar-refractivity contribution >= 4 is 34.8 Å². The van der Waals surface area contributed by atoms with Crippen molar-refractivity contribution in [3.05, 3.63) is 71.0 Å². The topological polar surface area (TPSA) is 138 Å². The summed E-state index contributed by atoms with van der Waals surface area (Å²) < 4.78 is 5.52. The summed E-state index contributed by atoms with van der Waals surface area (Å²) >= 11 is 7.40. The van der Waals surface area contributed by atoms with Crippen molar-refractivity contribution in [2.45, 2.75) is 18.8 Å². The number of aromatic nitrogens is 2. The molecule has 1 saturated heterocycles. The molecule has 3 heterocycles. The fourth-order valence-corrected chi connectivity index (χ4v) is 3.03. The number of nitrogens with one attached hydrogen (secondary N) is 2. The molecule has 1 aliphatic heterocycles. The van der Waals surface area contributed by atoms with Crippen LogP contribution in [0.15, 0.2) is 48.8 Å². The summed E-state index contributed by atoms with van der Waals surface area (Å²) in [4.78, 5) is 11.3. The van der Waals surface area contributed by atoms with Gasteiger partial charge in [-0.1, -0.05) is 36.6 Å². The van der Waals surface area contributed by atoms with E-state index < -0.39 is 0 Å². The van der Waals surface area contributed by atoms with E-state index in [-0.39, 0.29) is 37.3 Å². The van der Waals surface area contributed by atoms with Gasteiger partial charge in [-0.15, -0.1) is 0 Å². The fourth-order valence-electron chi connectivity index (χ4n) is 3.03. The molecule has 2 aromatic heterocycles. The maximum atomic E-state index is 7.13. The van der Waals surface area contributed by atoms with Gasteiger partial charge in [-0.3, -0.25) is 25.5 Å². The first-order chi connectivity index (χ1) is 14.7. The Morgan fingerprint density at radius 3 is 2.34 bits per heavy atom. The summed E-state index contributed by atoms with van der Waals surface area (Å²) in [5.74, 6) is 0. The summed E-state index contributed by atoms with van der Waals surface area (Å²) in [5, 5.41) is 23.9. The van der Waals surface area contributed by atoms with Crippen LogP contribution in [-0.2, 0) is 24.2 Å². The molecule has 0 unspecified atom stereocenters. The Balaban J connectivity index is 0. The zero-order valence-corrected chi connectivity index (χ0v) is 22.6. The van der Waals surface area contributed by atoms with Crippen molar-refractivity contribution in [3.8, 4) is 0 Å². The van der Waals surface area contributed by atoms with Crippen LogP contribution in [0.25, 0.3) is 10.8 Å². The molecule has 0 aliphatic carbocycles. The molecule has 2 atom stereocenters. The molecule has 32 heavy (non-hydrogen) atoms. The van der Waals surface area contributed by atoms with Crippen LogP contribution >= 0.6 is 24.4 Å². The van der Waals surface area contributed by atoms with E-state index in [0.717, 1.165) is 44.0 Å². The third-order valence-electron chi connectivity index (χ3n) is 4.21. The third kappa shape index (κ3) is 12.4. The molecular weight excluding hydrogens is 500 g/mol. The minimum Gasteiger partial charge on any atom is -0.753 e. The molecular formula is C20H27N7O2S2Zn. The minimum absolute atomic E-state index is 0. The largest absolute Gasteiger partial charge is 2.00 e. The van der Waals surface area contributed by atoms with Gasteiger partial charge in [0.15, 0.2) is 6.23 Å². The van der Waals surface area contributed by atoms with Crippen LogP contribution in [0.2, 0.25) is 0 Å². The molecule has 12 heteroatoms. The second kappa shape index (κ2) is 21.2. The van der Waals surface area contributed by atoms with Gasteiger partial charge in [0.2, 0.25) is 0 Å². The average molecular weight is 527 g/mol. The zero-order valence-electron chi connectivity index (χ0n) is 18.0. The first-order valence-corrected chi connectivity index (χ1v) is 10.1. The van der Waals surface area contributed by atoms with Gasteiger partial charge in [0.25, 0.3) is 0 Å². The Kier molecular flexibility index (Phi) is 21.5. The van der Waals surface area contributed by atoms with Gasteiger partial charge in [0.1, 0.15) is 6.17 Å². The summed E-state index contributed by atoms with van der Waals surface area (Å²) in [5.41, 5.74) is 1.98. The third-order valence-corrected chi connectivity index (χ3v) is 4.21. The average Bonchev–Trinajstić information content (AvgIpc) is 2.79. The number of ether oxygens (including phenoxy) is 1. The van der Waals surface area contributed by atoms with Crippen LogP contribution in [0.4, 0.5) is 0 Å².